The molecule has 6 heteroatoms. The molecule has 29 heavy (non-hydrogen) atoms. The first-order valence-electron chi connectivity index (χ1n) is 9.65. The van der Waals surface area contributed by atoms with Crippen molar-refractivity contribution in [3.05, 3.63) is 71.7 Å². The number of para-hydroxylation sites is 1. The van der Waals surface area contributed by atoms with Crippen molar-refractivity contribution in [3.63, 3.8) is 0 Å². The van der Waals surface area contributed by atoms with Crippen molar-refractivity contribution >= 4 is 34.9 Å². The first kappa shape index (κ1) is 17.7. The van der Waals surface area contributed by atoms with Gasteiger partial charge in [-0.2, -0.15) is 0 Å². The van der Waals surface area contributed by atoms with Gasteiger partial charge >= 0.3 is 0 Å². The Hall–Kier alpha value is -3.38. The number of nitrogens with one attached hydrogen (secondary N) is 2. The normalized spacial score (nSPS) is 23.4. The zero-order valence-electron chi connectivity index (χ0n) is 15.8. The molecule has 4 heterocycles. The Morgan fingerprint density at radius 3 is 2.55 bits per heavy atom. The molecule has 2 aromatic heterocycles. The Labute approximate surface area is 167 Å². The number of aliphatic hydroxyl groups excluding tert-OH is 1. The molecule has 5 rings (SSSR count). The topological polar surface area (TPSA) is 87.1 Å². The van der Waals surface area contributed by atoms with E-state index < -0.39 is 17.9 Å². The number of imide groups is 1. The molecule has 3 aromatic rings. The maximum Gasteiger partial charge on any atom is 0.235 e. The molecule has 146 valence electrons. The second-order valence-electron chi connectivity index (χ2n) is 7.61. The Bertz CT molecular complexity index is 1200. The molecule has 1 aromatic carbocycles. The monoisotopic (exact) mass is 387 g/mol. The summed E-state index contributed by atoms with van der Waals surface area (Å²) in [7, 11) is 0. The summed E-state index contributed by atoms with van der Waals surface area (Å²) in [5.74, 6) is -1.93. The van der Waals surface area contributed by atoms with Crippen LogP contribution in [-0.2, 0) is 16.1 Å². The third kappa shape index (κ3) is 2.39. The zero-order valence-corrected chi connectivity index (χ0v) is 15.8. The average Bonchev–Trinajstić information content (AvgIpc) is 3.37. The minimum Gasteiger partial charge on any atom is -0.388 e. The van der Waals surface area contributed by atoms with Gasteiger partial charge in [-0.15, -0.1) is 0 Å². The summed E-state index contributed by atoms with van der Waals surface area (Å²) in [6.07, 6.45) is 7.19. The maximum absolute atomic E-state index is 12.9. The van der Waals surface area contributed by atoms with E-state index in [0.29, 0.717) is 13.0 Å². The summed E-state index contributed by atoms with van der Waals surface area (Å²) >= 11 is 0. The molecule has 1 saturated heterocycles. The molecule has 2 amide bonds. The lowest BCUT2D eigenvalue weighted by Gasteiger charge is -2.20. The van der Waals surface area contributed by atoms with E-state index in [4.69, 9.17) is 0 Å². The number of carbonyl (C=O) groups excluding carboxylic acids is 2. The van der Waals surface area contributed by atoms with Crippen molar-refractivity contribution in [2.24, 2.45) is 0 Å². The number of carbonyl (C=O) groups is 2. The summed E-state index contributed by atoms with van der Waals surface area (Å²) in [5, 5.41) is 13.8. The Morgan fingerprint density at radius 2 is 1.83 bits per heavy atom. The van der Waals surface area contributed by atoms with E-state index in [-0.39, 0.29) is 11.8 Å². The summed E-state index contributed by atoms with van der Waals surface area (Å²) in [4.78, 5) is 28.8. The van der Waals surface area contributed by atoms with E-state index >= 15 is 0 Å². The number of aryl methyl sites for hydroxylation is 1. The number of benzene rings is 1. The fourth-order valence-electron chi connectivity index (χ4n) is 4.87. The lowest BCUT2D eigenvalue weighted by Crippen LogP contribution is -2.21. The molecule has 0 radical (unpaired) electrons. The molecule has 2 aliphatic heterocycles. The van der Waals surface area contributed by atoms with Crippen molar-refractivity contribution in [2.45, 2.75) is 30.9 Å². The SMILES string of the molecule is C=Cc1[nH]cc(C2C(=O)NC(=O)C2c2cn3c4c(cccc24)C(O)CC3)c1C=C. The lowest BCUT2D eigenvalue weighted by atomic mass is 9.82. The largest absolute Gasteiger partial charge is 0.388 e. The van der Waals surface area contributed by atoms with Crippen LogP contribution in [0.4, 0.5) is 0 Å². The van der Waals surface area contributed by atoms with Gasteiger partial charge in [0.2, 0.25) is 11.8 Å². The first-order valence-corrected chi connectivity index (χ1v) is 9.65. The van der Waals surface area contributed by atoms with Crippen molar-refractivity contribution in [3.8, 4) is 0 Å². The van der Waals surface area contributed by atoms with Crippen molar-refractivity contribution < 1.29 is 14.7 Å². The van der Waals surface area contributed by atoms with Crippen LogP contribution in [0.5, 0.6) is 0 Å². The molecule has 3 atom stereocenters. The summed E-state index contributed by atoms with van der Waals surface area (Å²) in [6, 6.07) is 5.77. The second-order valence-corrected chi connectivity index (χ2v) is 7.61. The molecule has 0 aliphatic carbocycles. The number of aliphatic hydroxyl groups is 1. The van der Waals surface area contributed by atoms with E-state index in [9.17, 15) is 14.7 Å². The van der Waals surface area contributed by atoms with Gasteiger partial charge in [0.25, 0.3) is 0 Å². The highest BCUT2D eigenvalue weighted by Crippen LogP contribution is 2.45. The van der Waals surface area contributed by atoms with E-state index in [0.717, 1.165) is 38.9 Å². The van der Waals surface area contributed by atoms with E-state index in [1.54, 1.807) is 18.3 Å². The van der Waals surface area contributed by atoms with Gasteiger partial charge in [0, 0.05) is 41.1 Å². The highest BCUT2D eigenvalue weighted by Gasteiger charge is 2.46. The summed E-state index contributed by atoms with van der Waals surface area (Å²) in [6.45, 7) is 8.33. The van der Waals surface area contributed by atoms with Crippen LogP contribution < -0.4 is 5.32 Å². The third-order valence-corrected chi connectivity index (χ3v) is 6.17. The average molecular weight is 387 g/mol. The lowest BCUT2D eigenvalue weighted by molar-refractivity contribution is -0.125. The van der Waals surface area contributed by atoms with Crippen LogP contribution in [0.2, 0.25) is 0 Å². The number of hydrogen-bond acceptors (Lipinski definition) is 3. The van der Waals surface area contributed by atoms with Gasteiger partial charge in [-0.3, -0.25) is 14.9 Å². The van der Waals surface area contributed by atoms with Gasteiger partial charge in [-0.05, 0) is 23.6 Å². The minimum atomic E-state index is -0.658. The van der Waals surface area contributed by atoms with Crippen LogP contribution in [-0.4, -0.2) is 26.5 Å². The first-order chi connectivity index (χ1) is 14.0. The number of H-pyrrole nitrogens is 1. The number of hydrogen-bond donors (Lipinski definition) is 3. The molecule has 2 aliphatic rings. The fourth-order valence-corrected chi connectivity index (χ4v) is 4.87. The molecular formula is C23H21N3O3. The standard InChI is InChI=1S/C23H21N3O3/c1-3-12-15(10-24-17(12)4-2)19-20(23(29)25-22(19)28)16-11-26-9-8-18(27)14-7-5-6-13(16)21(14)26/h3-7,10-11,18-20,24,27H,1-2,8-9H2,(H,25,28,29). The van der Waals surface area contributed by atoms with Gasteiger partial charge in [-0.1, -0.05) is 37.4 Å². The Balaban J connectivity index is 1.72. The molecule has 6 nitrogen and oxygen atoms in total. The molecule has 0 spiro atoms. The predicted octanol–water partition coefficient (Wildman–Crippen LogP) is 3.22. The van der Waals surface area contributed by atoms with Crippen molar-refractivity contribution in [2.75, 3.05) is 0 Å². The van der Waals surface area contributed by atoms with Crippen molar-refractivity contribution in [1.29, 1.82) is 0 Å². The van der Waals surface area contributed by atoms with Crippen LogP contribution in [0.1, 0.15) is 52.3 Å². The highest BCUT2D eigenvalue weighted by molar-refractivity contribution is 6.12. The van der Waals surface area contributed by atoms with E-state index in [1.165, 1.54) is 0 Å². The quantitative estimate of drug-likeness (QED) is 0.601. The molecule has 0 bridgehead atoms. The maximum atomic E-state index is 12.9. The van der Waals surface area contributed by atoms with Crippen molar-refractivity contribution in [1.82, 2.24) is 14.9 Å². The number of aromatic amines is 1. The van der Waals surface area contributed by atoms with Crippen LogP contribution in [0.15, 0.2) is 43.8 Å². The van der Waals surface area contributed by atoms with E-state index in [1.807, 2.05) is 24.4 Å². The zero-order chi connectivity index (χ0) is 20.3. The molecule has 3 unspecified atom stereocenters. The van der Waals surface area contributed by atoms with Gasteiger partial charge < -0.3 is 14.7 Å². The number of nitrogens with zero attached hydrogens (tertiary/aromatic N) is 1. The second kappa shape index (κ2) is 6.32. The predicted molar refractivity (Wildman–Crippen MR) is 111 cm³/mol. The van der Waals surface area contributed by atoms with Crippen LogP contribution in [0.3, 0.4) is 0 Å². The number of amides is 2. The third-order valence-electron chi connectivity index (χ3n) is 6.17. The fraction of sp³-hybridized carbons (Fsp3) is 0.217. The molecule has 1 fully saturated rings. The van der Waals surface area contributed by atoms with Gasteiger partial charge in [0.15, 0.2) is 0 Å². The van der Waals surface area contributed by atoms with Gasteiger partial charge in [0.1, 0.15) is 0 Å². The molecule has 0 saturated carbocycles. The minimum absolute atomic E-state index is 0.305. The highest BCUT2D eigenvalue weighted by atomic mass is 16.3. The summed E-state index contributed by atoms with van der Waals surface area (Å²) in [5.41, 5.74) is 4.90. The van der Waals surface area contributed by atoms with Gasteiger partial charge in [-0.25, -0.2) is 0 Å². The van der Waals surface area contributed by atoms with E-state index in [2.05, 4.69) is 28.0 Å². The smallest absolute Gasteiger partial charge is 0.235 e. The van der Waals surface area contributed by atoms with Crippen LogP contribution in [0.25, 0.3) is 23.1 Å². The Kier molecular flexibility index (Phi) is 3.86. The van der Waals surface area contributed by atoms with Gasteiger partial charge in [0.05, 0.1) is 23.5 Å². The Morgan fingerprint density at radius 1 is 1.07 bits per heavy atom. The molecule has 3 N–H and O–H groups in total. The number of aromatic nitrogens is 2. The van der Waals surface area contributed by atoms with Crippen LogP contribution >= 0.6 is 0 Å². The van der Waals surface area contributed by atoms with Crippen LogP contribution in [0, 0.1) is 0 Å². The number of rotatable bonds is 4. The molecular weight excluding hydrogens is 366 g/mol. The summed E-state index contributed by atoms with van der Waals surface area (Å²) < 4.78 is 2.08.